The number of carbonyl (C=O) groups is 5. The second-order valence-electron chi connectivity index (χ2n) is 19.9. The van der Waals surface area contributed by atoms with Crippen molar-refractivity contribution in [3.05, 3.63) is 82.8 Å². The van der Waals surface area contributed by atoms with Gasteiger partial charge in [0.25, 0.3) is 17.7 Å². The van der Waals surface area contributed by atoms with E-state index < -0.39 is 25.8 Å². The van der Waals surface area contributed by atoms with Crippen LogP contribution in [0.25, 0.3) is 10.9 Å². The lowest BCUT2D eigenvalue weighted by Crippen LogP contribution is -2.55. The summed E-state index contributed by atoms with van der Waals surface area (Å²) in [5.41, 5.74) is 3.26. The molecule has 348 valence electrons. The summed E-state index contributed by atoms with van der Waals surface area (Å²) in [5.74, 6) is 6.45. The lowest BCUT2D eigenvalue weighted by molar-refractivity contribution is -0.158. The van der Waals surface area contributed by atoms with E-state index in [1.54, 1.807) is 40.1 Å². The number of nitrogens with zero attached hydrogens (tertiary/aromatic N) is 8. The number of nitrogens with one attached hydrogen (secondary N) is 1. The van der Waals surface area contributed by atoms with Gasteiger partial charge in [-0.1, -0.05) is 37.5 Å². The van der Waals surface area contributed by atoms with Crippen LogP contribution in [0.5, 0.6) is 0 Å². The van der Waals surface area contributed by atoms with Crippen molar-refractivity contribution in [2.45, 2.75) is 96.4 Å². The Labute approximate surface area is 387 Å². The number of imide groups is 1. The second kappa shape index (κ2) is 19.1. The maximum Gasteiger partial charge on any atom is 0.419 e. The highest BCUT2D eigenvalue weighted by molar-refractivity contribution is 6.76. The van der Waals surface area contributed by atoms with Crippen molar-refractivity contribution in [1.82, 2.24) is 34.1 Å². The molecule has 0 saturated carbocycles. The maximum atomic E-state index is 13.6. The minimum Gasteiger partial charge on any atom is -0.443 e. The molecule has 16 nitrogen and oxygen atoms in total. The molecule has 66 heavy (non-hydrogen) atoms. The molecule has 4 aliphatic heterocycles. The highest BCUT2D eigenvalue weighted by atomic mass is 28.3. The number of amides is 4. The van der Waals surface area contributed by atoms with Crippen molar-refractivity contribution in [1.29, 1.82) is 0 Å². The topological polar surface area (TPSA) is 163 Å². The van der Waals surface area contributed by atoms with Crippen molar-refractivity contribution in [3.63, 3.8) is 0 Å². The highest BCUT2D eigenvalue weighted by Crippen LogP contribution is 2.36. The van der Waals surface area contributed by atoms with E-state index in [-0.39, 0.29) is 55.8 Å². The van der Waals surface area contributed by atoms with Gasteiger partial charge in [-0.15, -0.1) is 0 Å². The van der Waals surface area contributed by atoms with Gasteiger partial charge in [-0.3, -0.25) is 33.9 Å². The van der Waals surface area contributed by atoms with Crippen LogP contribution in [0.4, 0.5) is 16.4 Å². The lowest BCUT2D eigenvalue weighted by atomic mass is 10.0. The van der Waals surface area contributed by atoms with Crippen LogP contribution in [-0.4, -0.2) is 143 Å². The minimum absolute atomic E-state index is 0.0628. The molecule has 4 aromatic rings. The molecule has 8 rings (SSSR count). The lowest BCUT2D eigenvalue weighted by Gasteiger charge is -2.35. The van der Waals surface area contributed by atoms with Crippen LogP contribution in [0.15, 0.2) is 54.9 Å². The largest absolute Gasteiger partial charge is 0.443 e. The smallest absolute Gasteiger partial charge is 0.419 e. The fraction of sp³-hybridized carbons (Fsp3) is 0.490. The summed E-state index contributed by atoms with van der Waals surface area (Å²) in [7, 11) is 0.726. The number of ether oxygens (including phenoxy) is 2. The van der Waals surface area contributed by atoms with Gasteiger partial charge in [0.05, 0.1) is 23.7 Å². The number of likely N-dealkylation sites (tertiary alicyclic amines) is 2. The normalized spacial score (nSPS) is 19.6. The van der Waals surface area contributed by atoms with Crippen molar-refractivity contribution in [3.8, 4) is 11.8 Å². The van der Waals surface area contributed by atoms with E-state index in [0.29, 0.717) is 35.6 Å². The molecule has 2 atom stereocenters. The van der Waals surface area contributed by atoms with Crippen LogP contribution in [0, 0.1) is 11.8 Å². The summed E-state index contributed by atoms with van der Waals surface area (Å²) >= 11 is 0. The Balaban J connectivity index is 0.847. The quantitative estimate of drug-likeness (QED) is 0.0787. The molecular formula is C49H61N9O7Si. The first kappa shape index (κ1) is 46.6. The van der Waals surface area contributed by atoms with Gasteiger partial charge in [0.1, 0.15) is 30.0 Å². The molecule has 1 aromatic carbocycles. The molecule has 3 aromatic heterocycles. The molecular weight excluding hydrogens is 855 g/mol. The first-order valence-corrected chi connectivity index (χ1v) is 26.7. The molecule has 3 fully saturated rings. The minimum atomic E-state index is -1.33. The van der Waals surface area contributed by atoms with Crippen molar-refractivity contribution in [2.24, 2.45) is 0 Å². The Hall–Kier alpha value is -5.93. The summed E-state index contributed by atoms with van der Waals surface area (Å²) in [4.78, 5) is 85.5. The van der Waals surface area contributed by atoms with Crippen LogP contribution in [0.1, 0.15) is 90.0 Å². The van der Waals surface area contributed by atoms with Crippen molar-refractivity contribution in [2.75, 3.05) is 69.9 Å². The molecule has 4 aliphatic rings. The average molecular weight is 916 g/mol. The second-order valence-corrected chi connectivity index (χ2v) is 25.5. The van der Waals surface area contributed by atoms with E-state index in [2.05, 4.69) is 68.5 Å². The first-order chi connectivity index (χ1) is 31.4. The number of piperidine rings is 1. The maximum absolute atomic E-state index is 13.6. The SMILES string of the molecule is CN1CCC[C@@H]1c1cc2cnc(NC(=O)c3ccc(N4CCN(CC#Cc5cccc6c5CN(C5CCC(=O)N(COCC[Si](C)(C)C)C5=O)C6=O)CC4)nc3)cc2n1C(=O)OC(C)(C)C. The number of anilines is 2. The van der Waals surface area contributed by atoms with Crippen molar-refractivity contribution < 1.29 is 33.4 Å². The number of carbonyl (C=O) groups excluding carboxylic acids is 5. The number of piperazine rings is 1. The predicted octanol–water partition coefficient (Wildman–Crippen LogP) is 6.19. The Morgan fingerprint density at radius 2 is 1.73 bits per heavy atom. The summed E-state index contributed by atoms with van der Waals surface area (Å²) in [5, 5.41) is 3.67. The van der Waals surface area contributed by atoms with Gasteiger partial charge in [0.2, 0.25) is 5.91 Å². The van der Waals surface area contributed by atoms with E-state index in [1.807, 2.05) is 45.0 Å². The van der Waals surface area contributed by atoms with E-state index in [4.69, 9.17) is 9.47 Å². The molecule has 0 radical (unpaired) electrons. The summed E-state index contributed by atoms with van der Waals surface area (Å²) in [6.07, 6.45) is 5.20. The number of fused-ring (bicyclic) bond motifs is 2. The average Bonchev–Trinajstić information content (AvgIpc) is 3.97. The van der Waals surface area contributed by atoms with Gasteiger partial charge in [-0.05, 0) is 95.6 Å². The Morgan fingerprint density at radius 3 is 2.42 bits per heavy atom. The summed E-state index contributed by atoms with van der Waals surface area (Å²) < 4.78 is 13.2. The third-order valence-corrected chi connectivity index (χ3v) is 14.4. The molecule has 0 bridgehead atoms. The predicted molar refractivity (Wildman–Crippen MR) is 254 cm³/mol. The van der Waals surface area contributed by atoms with E-state index >= 15 is 0 Å². The first-order valence-electron chi connectivity index (χ1n) is 23.0. The van der Waals surface area contributed by atoms with Gasteiger partial charge < -0.3 is 24.6 Å². The van der Waals surface area contributed by atoms with Gasteiger partial charge in [-0.25, -0.2) is 19.3 Å². The number of hydrogen-bond acceptors (Lipinski definition) is 12. The van der Waals surface area contributed by atoms with Gasteiger partial charge in [0, 0.05) is 94.5 Å². The Morgan fingerprint density at radius 1 is 0.939 bits per heavy atom. The molecule has 0 spiro atoms. The molecule has 1 N–H and O–H groups in total. The molecule has 7 heterocycles. The molecule has 3 saturated heterocycles. The van der Waals surface area contributed by atoms with E-state index in [0.717, 1.165) is 79.6 Å². The van der Waals surface area contributed by atoms with Gasteiger partial charge in [-0.2, -0.15) is 0 Å². The van der Waals surface area contributed by atoms with Crippen molar-refractivity contribution >= 4 is 60.3 Å². The number of benzene rings is 1. The number of pyridine rings is 2. The summed E-state index contributed by atoms with van der Waals surface area (Å²) in [6.45, 7) is 17.4. The van der Waals surface area contributed by atoms with E-state index in [9.17, 15) is 24.0 Å². The van der Waals surface area contributed by atoms with Gasteiger partial charge >= 0.3 is 6.09 Å². The standard InChI is InChI=1S/C49H61N9O7Si/c1-49(2,3)65-48(63)58-40-28-42(50-30-35(40)27-41(58)38-14-10-19-53(38)4)52-45(60)34-15-17-43(51-29-34)55-23-21-54(22-24-55)20-9-12-33-11-8-13-36-37(33)31-56(46(36)61)39-16-18-44(59)57(47(39)62)32-64-25-26-66(5,6)7/h8,11,13,15,17,27-30,38-39H,10,14,16,18-26,31-32H2,1-7H3,(H,50,52,60)/t38-,39?/m1/s1. The monoisotopic (exact) mass is 915 g/mol. The molecule has 4 amide bonds. The van der Waals surface area contributed by atoms with Crippen LogP contribution in [0.3, 0.4) is 0 Å². The Bertz CT molecular complexity index is 2580. The van der Waals surface area contributed by atoms with E-state index in [1.165, 1.54) is 4.90 Å². The highest BCUT2D eigenvalue weighted by Gasteiger charge is 2.43. The summed E-state index contributed by atoms with van der Waals surface area (Å²) in [6, 6.07) is 13.1. The zero-order valence-electron chi connectivity index (χ0n) is 39.2. The third kappa shape index (κ3) is 10.4. The van der Waals surface area contributed by atoms with Crippen LogP contribution >= 0.6 is 0 Å². The van der Waals surface area contributed by atoms with Gasteiger partial charge in [0.15, 0.2) is 0 Å². The molecule has 17 heteroatoms. The number of hydrogen-bond donors (Lipinski definition) is 1. The molecule has 1 unspecified atom stereocenters. The zero-order chi connectivity index (χ0) is 46.9. The van der Waals surface area contributed by atoms with Crippen LogP contribution < -0.4 is 10.2 Å². The third-order valence-electron chi connectivity index (χ3n) is 12.7. The van der Waals surface area contributed by atoms with Crippen LogP contribution in [0.2, 0.25) is 25.7 Å². The molecule has 0 aliphatic carbocycles. The zero-order valence-corrected chi connectivity index (χ0v) is 40.2. The fourth-order valence-electron chi connectivity index (χ4n) is 9.01. The number of aromatic nitrogens is 3. The Kier molecular flexibility index (Phi) is 13.5. The number of rotatable bonds is 11. The van der Waals surface area contributed by atoms with Crippen LogP contribution in [-0.2, 0) is 25.6 Å². The fourth-order valence-corrected chi connectivity index (χ4v) is 9.77.